The van der Waals surface area contributed by atoms with Crippen LogP contribution in [0.15, 0.2) is 30.3 Å². The van der Waals surface area contributed by atoms with Crippen molar-refractivity contribution in [2.45, 2.75) is 31.7 Å². The van der Waals surface area contributed by atoms with E-state index >= 15 is 0 Å². The Hall–Kier alpha value is -2.34. The van der Waals surface area contributed by atoms with Crippen LogP contribution < -0.4 is 4.90 Å². The number of hydrogen-bond donors (Lipinski definition) is 0. The number of anilines is 1. The number of carbonyl (C=O) groups excluding carboxylic acids is 1. The third-order valence-electron chi connectivity index (χ3n) is 5.47. The minimum atomic E-state index is 0.215. The van der Waals surface area contributed by atoms with Gasteiger partial charge in [0, 0.05) is 52.4 Å². The van der Waals surface area contributed by atoms with E-state index in [0.29, 0.717) is 12.3 Å². The van der Waals surface area contributed by atoms with Crippen molar-refractivity contribution in [1.29, 1.82) is 0 Å². The number of piperidine rings is 1. The fourth-order valence-corrected chi connectivity index (χ4v) is 3.85. The molecule has 0 radical (unpaired) electrons. The largest absolute Gasteiger partial charge is 0.378 e. The van der Waals surface area contributed by atoms with Crippen molar-refractivity contribution in [2.75, 3.05) is 46.2 Å². The van der Waals surface area contributed by atoms with Crippen LogP contribution >= 0.6 is 0 Å². The van der Waals surface area contributed by atoms with Crippen LogP contribution in [-0.4, -0.2) is 66.8 Å². The van der Waals surface area contributed by atoms with Gasteiger partial charge < -0.3 is 14.7 Å². The van der Waals surface area contributed by atoms with Gasteiger partial charge in [0.15, 0.2) is 0 Å². The first-order valence-electron chi connectivity index (χ1n) is 10.0. The summed E-state index contributed by atoms with van der Waals surface area (Å²) in [5.41, 5.74) is 4.55. The van der Waals surface area contributed by atoms with Crippen LogP contribution in [0.1, 0.15) is 35.7 Å². The molecular weight excluding hydrogens is 350 g/mol. The van der Waals surface area contributed by atoms with Crippen LogP contribution in [0.2, 0.25) is 0 Å². The summed E-state index contributed by atoms with van der Waals surface area (Å²) in [6.07, 6.45) is 2.60. The second kappa shape index (κ2) is 8.78. The zero-order valence-corrected chi connectivity index (χ0v) is 17.9. The van der Waals surface area contributed by atoms with Crippen LogP contribution in [-0.2, 0) is 24.8 Å². The normalized spacial score (nSPS) is 17.2. The van der Waals surface area contributed by atoms with E-state index in [4.69, 9.17) is 5.10 Å². The van der Waals surface area contributed by atoms with Crippen LogP contribution in [0.5, 0.6) is 0 Å². The molecule has 3 rings (SSSR count). The van der Waals surface area contributed by atoms with Gasteiger partial charge in [0.2, 0.25) is 5.91 Å². The lowest BCUT2D eigenvalue weighted by atomic mass is 9.94. The molecule has 0 N–H and O–H groups in total. The minimum absolute atomic E-state index is 0.215. The molecule has 6 nitrogen and oxygen atoms in total. The van der Waals surface area contributed by atoms with E-state index in [1.54, 1.807) is 0 Å². The zero-order valence-electron chi connectivity index (χ0n) is 17.9. The predicted octanol–water partition coefficient (Wildman–Crippen LogP) is 2.50. The summed E-state index contributed by atoms with van der Waals surface area (Å²) in [4.78, 5) is 19.1. The second-order valence-corrected chi connectivity index (χ2v) is 8.34. The highest BCUT2D eigenvalue weighted by Gasteiger charge is 2.27. The van der Waals surface area contributed by atoms with Crippen molar-refractivity contribution in [1.82, 2.24) is 19.6 Å². The molecule has 1 fully saturated rings. The Bertz CT molecular complexity index is 794. The number of likely N-dealkylation sites (tertiary alicyclic amines) is 1. The molecule has 1 saturated heterocycles. The van der Waals surface area contributed by atoms with E-state index < -0.39 is 0 Å². The molecule has 2 aromatic rings. The van der Waals surface area contributed by atoms with Crippen LogP contribution in [0, 0.1) is 0 Å². The Kier molecular flexibility index (Phi) is 6.39. The molecule has 1 atom stereocenters. The SMILES string of the molecule is CN(C)Cc1cc([C@@H]2CCCN(C(=O)Cc3ccc(N(C)C)cc3)C2)nn1C. The summed E-state index contributed by atoms with van der Waals surface area (Å²) in [6.45, 7) is 2.50. The van der Waals surface area contributed by atoms with Crippen molar-refractivity contribution in [2.24, 2.45) is 7.05 Å². The van der Waals surface area contributed by atoms with Crippen molar-refractivity contribution in [3.05, 3.63) is 47.3 Å². The smallest absolute Gasteiger partial charge is 0.227 e. The quantitative estimate of drug-likeness (QED) is 0.769. The first-order valence-corrected chi connectivity index (χ1v) is 10.0. The molecule has 1 amide bonds. The summed E-state index contributed by atoms with van der Waals surface area (Å²) in [5.74, 6) is 0.544. The molecular formula is C22H33N5O. The molecule has 2 heterocycles. The van der Waals surface area contributed by atoms with E-state index in [-0.39, 0.29) is 5.91 Å². The number of nitrogens with zero attached hydrogens (tertiary/aromatic N) is 5. The van der Waals surface area contributed by atoms with Crippen molar-refractivity contribution in [3.63, 3.8) is 0 Å². The summed E-state index contributed by atoms with van der Waals surface area (Å²) in [6, 6.07) is 10.5. The third kappa shape index (κ3) is 4.93. The van der Waals surface area contributed by atoms with Crippen molar-refractivity contribution in [3.8, 4) is 0 Å². The molecule has 6 heteroatoms. The average Bonchev–Trinajstić information content (AvgIpc) is 3.02. The van der Waals surface area contributed by atoms with Crippen LogP contribution in [0.3, 0.4) is 0 Å². The monoisotopic (exact) mass is 383 g/mol. The molecule has 0 saturated carbocycles. The molecule has 1 aliphatic rings. The predicted molar refractivity (Wildman–Crippen MR) is 114 cm³/mol. The van der Waals surface area contributed by atoms with Crippen LogP contribution in [0.4, 0.5) is 5.69 Å². The van der Waals surface area contributed by atoms with Gasteiger partial charge in [0.25, 0.3) is 0 Å². The maximum Gasteiger partial charge on any atom is 0.227 e. The van der Waals surface area contributed by atoms with E-state index in [2.05, 4.69) is 54.2 Å². The Morgan fingerprint density at radius 2 is 1.89 bits per heavy atom. The summed E-state index contributed by atoms with van der Waals surface area (Å²) in [7, 11) is 10.2. The molecule has 0 aliphatic carbocycles. The molecule has 0 unspecified atom stereocenters. The van der Waals surface area contributed by atoms with Gasteiger partial charge in [-0.15, -0.1) is 0 Å². The Morgan fingerprint density at radius 1 is 1.18 bits per heavy atom. The second-order valence-electron chi connectivity index (χ2n) is 8.34. The summed E-state index contributed by atoms with van der Waals surface area (Å²) >= 11 is 0. The van der Waals surface area contributed by atoms with Gasteiger partial charge >= 0.3 is 0 Å². The number of benzene rings is 1. The van der Waals surface area contributed by atoms with Crippen molar-refractivity contribution < 1.29 is 4.79 Å². The molecule has 28 heavy (non-hydrogen) atoms. The number of rotatable bonds is 6. The average molecular weight is 384 g/mol. The third-order valence-corrected chi connectivity index (χ3v) is 5.47. The molecule has 1 aromatic heterocycles. The molecule has 152 valence electrons. The highest BCUT2D eigenvalue weighted by molar-refractivity contribution is 5.79. The highest BCUT2D eigenvalue weighted by Crippen LogP contribution is 2.27. The van der Waals surface area contributed by atoms with E-state index in [1.165, 1.54) is 5.69 Å². The van der Waals surface area contributed by atoms with Gasteiger partial charge in [0.05, 0.1) is 17.8 Å². The lowest BCUT2D eigenvalue weighted by molar-refractivity contribution is -0.131. The van der Waals surface area contributed by atoms with Gasteiger partial charge in [-0.1, -0.05) is 12.1 Å². The van der Waals surface area contributed by atoms with E-state index in [0.717, 1.165) is 49.4 Å². The Balaban J connectivity index is 1.63. The van der Waals surface area contributed by atoms with Gasteiger partial charge in [-0.3, -0.25) is 9.48 Å². The lowest BCUT2D eigenvalue weighted by Gasteiger charge is -2.32. The molecule has 1 aliphatic heterocycles. The number of amides is 1. The first kappa shape index (κ1) is 20.4. The fourth-order valence-electron chi connectivity index (χ4n) is 3.85. The topological polar surface area (TPSA) is 44.6 Å². The van der Waals surface area contributed by atoms with Gasteiger partial charge in [-0.25, -0.2) is 0 Å². The van der Waals surface area contributed by atoms with E-state index in [9.17, 15) is 4.79 Å². The molecule has 1 aromatic carbocycles. The van der Waals surface area contributed by atoms with E-state index in [1.807, 2.05) is 30.7 Å². The number of hydrogen-bond acceptors (Lipinski definition) is 4. The maximum atomic E-state index is 12.9. The van der Waals surface area contributed by atoms with Crippen molar-refractivity contribution >= 4 is 11.6 Å². The minimum Gasteiger partial charge on any atom is -0.378 e. The van der Waals surface area contributed by atoms with Gasteiger partial charge in [-0.2, -0.15) is 5.10 Å². The lowest BCUT2D eigenvalue weighted by Crippen LogP contribution is -2.40. The Labute approximate surface area is 168 Å². The first-order chi connectivity index (χ1) is 13.3. The Morgan fingerprint density at radius 3 is 2.54 bits per heavy atom. The number of aromatic nitrogens is 2. The maximum absolute atomic E-state index is 12.9. The standard InChI is InChI=1S/C22H33N5O/c1-24(2)16-20-14-21(23-26(20)5)18-7-6-12-27(15-18)22(28)13-17-8-10-19(11-9-17)25(3)4/h8-11,14,18H,6-7,12-13,15-16H2,1-5H3/t18-/m1/s1. The van der Waals surface area contributed by atoms with Gasteiger partial charge in [0.1, 0.15) is 0 Å². The zero-order chi connectivity index (χ0) is 20.3. The summed E-state index contributed by atoms with van der Waals surface area (Å²) < 4.78 is 1.97. The molecule has 0 bridgehead atoms. The molecule has 0 spiro atoms. The fraction of sp³-hybridized carbons (Fsp3) is 0.545. The van der Waals surface area contributed by atoms with Crippen LogP contribution in [0.25, 0.3) is 0 Å². The number of aryl methyl sites for hydroxylation is 1. The van der Waals surface area contributed by atoms with Gasteiger partial charge in [-0.05, 0) is 50.7 Å². The summed E-state index contributed by atoms with van der Waals surface area (Å²) in [5, 5.41) is 4.74. The highest BCUT2D eigenvalue weighted by atomic mass is 16.2. The number of carbonyl (C=O) groups is 1.